The lowest BCUT2D eigenvalue weighted by Crippen LogP contribution is -2.30. The molecular weight excluding hydrogens is 256 g/mol. The van der Waals surface area contributed by atoms with Crippen LogP contribution in [0.3, 0.4) is 0 Å². The Morgan fingerprint density at radius 3 is 2.72 bits per heavy atom. The van der Waals surface area contributed by atoms with Crippen molar-refractivity contribution in [1.29, 1.82) is 0 Å². The molecule has 2 atom stereocenters. The average Bonchev–Trinajstić information content (AvgIpc) is 2.38. The molecule has 1 fully saturated rings. The number of nitrogens with zero attached hydrogens (tertiary/aromatic N) is 3. The number of aromatic nitrogens is 3. The third-order valence-electron chi connectivity index (χ3n) is 2.99. The van der Waals surface area contributed by atoms with Crippen LogP contribution in [-0.2, 0) is 4.74 Å². The molecule has 0 amide bonds. The predicted molar refractivity (Wildman–Crippen MR) is 68.1 cm³/mol. The molecule has 1 aliphatic rings. The van der Waals surface area contributed by atoms with Crippen molar-refractivity contribution in [2.45, 2.75) is 37.9 Å². The Morgan fingerprint density at radius 1 is 1.22 bits per heavy atom. The minimum absolute atomic E-state index is 0.0758. The Kier molecular flexibility index (Phi) is 4.54. The Morgan fingerprint density at radius 2 is 2.00 bits per heavy atom. The maximum Gasteiger partial charge on any atom is 0.322 e. The summed E-state index contributed by atoms with van der Waals surface area (Å²) in [5, 5.41) is 2.94. The third kappa shape index (κ3) is 3.43. The Bertz CT molecular complexity index is 405. The molecule has 0 aliphatic heterocycles. The summed E-state index contributed by atoms with van der Waals surface area (Å²) in [5.74, 6) is 0.407. The lowest BCUT2D eigenvalue weighted by atomic mass is 9.95. The lowest BCUT2D eigenvalue weighted by Gasteiger charge is -2.27. The van der Waals surface area contributed by atoms with Gasteiger partial charge in [-0.2, -0.15) is 15.0 Å². The van der Waals surface area contributed by atoms with Gasteiger partial charge in [0, 0.05) is 20.6 Å². The number of anilines is 1. The van der Waals surface area contributed by atoms with Crippen molar-refractivity contribution in [1.82, 2.24) is 15.0 Å². The number of ether oxygens (including phenoxy) is 2. The third-order valence-corrected chi connectivity index (χ3v) is 3.16. The molecule has 2 rings (SSSR count). The molecule has 0 spiro atoms. The van der Waals surface area contributed by atoms with Gasteiger partial charge in [-0.05, 0) is 30.9 Å². The second kappa shape index (κ2) is 6.15. The first-order chi connectivity index (χ1) is 8.71. The van der Waals surface area contributed by atoms with E-state index in [-0.39, 0.29) is 23.5 Å². The summed E-state index contributed by atoms with van der Waals surface area (Å²) in [5.41, 5.74) is 0. The van der Waals surface area contributed by atoms with Gasteiger partial charge in [-0.3, -0.25) is 0 Å². The summed E-state index contributed by atoms with van der Waals surface area (Å²) in [7, 11) is 3.45. The first kappa shape index (κ1) is 13.3. The van der Waals surface area contributed by atoms with E-state index >= 15 is 0 Å². The molecule has 1 N–H and O–H groups in total. The van der Waals surface area contributed by atoms with Gasteiger partial charge in [0.05, 0.1) is 6.10 Å². The van der Waals surface area contributed by atoms with Crippen molar-refractivity contribution in [3.63, 3.8) is 0 Å². The van der Waals surface area contributed by atoms with Crippen LogP contribution < -0.4 is 10.1 Å². The zero-order chi connectivity index (χ0) is 13.0. The van der Waals surface area contributed by atoms with Crippen LogP contribution in [0.4, 0.5) is 5.95 Å². The fraction of sp³-hybridized carbons (Fsp3) is 0.727. The van der Waals surface area contributed by atoms with Crippen LogP contribution in [0.2, 0.25) is 5.28 Å². The number of rotatable bonds is 4. The normalized spacial score (nSPS) is 23.7. The van der Waals surface area contributed by atoms with Gasteiger partial charge in [0.25, 0.3) is 0 Å². The van der Waals surface area contributed by atoms with Crippen LogP contribution in [0, 0.1) is 0 Å². The van der Waals surface area contributed by atoms with Gasteiger partial charge in [-0.1, -0.05) is 0 Å². The zero-order valence-electron chi connectivity index (χ0n) is 10.5. The van der Waals surface area contributed by atoms with Crippen molar-refractivity contribution < 1.29 is 9.47 Å². The smallest absolute Gasteiger partial charge is 0.322 e. The summed E-state index contributed by atoms with van der Waals surface area (Å²) < 4.78 is 11.1. The molecule has 0 bridgehead atoms. The van der Waals surface area contributed by atoms with E-state index in [1.807, 2.05) is 0 Å². The van der Waals surface area contributed by atoms with Gasteiger partial charge in [-0.15, -0.1) is 0 Å². The maximum atomic E-state index is 5.80. The number of hydrogen-bond acceptors (Lipinski definition) is 6. The Hall–Kier alpha value is -1.14. The van der Waals surface area contributed by atoms with Gasteiger partial charge in [0.15, 0.2) is 0 Å². The molecule has 0 saturated heterocycles. The number of nitrogens with one attached hydrogen (secondary N) is 1. The summed E-state index contributed by atoms with van der Waals surface area (Å²) in [6.45, 7) is 0. The van der Waals surface area contributed by atoms with Crippen molar-refractivity contribution >= 4 is 17.5 Å². The van der Waals surface area contributed by atoms with E-state index in [9.17, 15) is 0 Å². The van der Waals surface area contributed by atoms with Crippen LogP contribution in [-0.4, -0.2) is 41.3 Å². The minimum atomic E-state index is 0.0758. The van der Waals surface area contributed by atoms with E-state index in [0.717, 1.165) is 25.7 Å². The molecule has 18 heavy (non-hydrogen) atoms. The number of halogens is 1. The van der Waals surface area contributed by atoms with E-state index in [2.05, 4.69) is 20.3 Å². The van der Waals surface area contributed by atoms with E-state index in [1.54, 1.807) is 14.2 Å². The van der Waals surface area contributed by atoms with Gasteiger partial charge in [0.1, 0.15) is 6.10 Å². The number of methoxy groups -OCH3 is 1. The first-order valence-corrected chi connectivity index (χ1v) is 6.38. The van der Waals surface area contributed by atoms with E-state index < -0.39 is 0 Å². The van der Waals surface area contributed by atoms with E-state index in [0.29, 0.717) is 5.95 Å². The fourth-order valence-corrected chi connectivity index (χ4v) is 2.22. The highest BCUT2D eigenvalue weighted by Crippen LogP contribution is 2.24. The molecule has 2 unspecified atom stereocenters. The van der Waals surface area contributed by atoms with E-state index in [4.69, 9.17) is 21.1 Å². The molecule has 7 heteroatoms. The quantitative estimate of drug-likeness (QED) is 0.903. The largest absolute Gasteiger partial charge is 0.460 e. The fourth-order valence-electron chi connectivity index (χ4n) is 2.07. The standard InChI is InChI=1S/C11H17ClN4O2/c1-13-10-14-9(12)15-11(16-10)18-8-5-3-4-7(6-8)17-2/h7-8H,3-6H2,1-2H3,(H,13,14,15,16). The molecule has 0 radical (unpaired) electrons. The van der Waals surface area contributed by atoms with Gasteiger partial charge in [-0.25, -0.2) is 0 Å². The number of hydrogen-bond donors (Lipinski definition) is 1. The zero-order valence-corrected chi connectivity index (χ0v) is 11.3. The first-order valence-electron chi connectivity index (χ1n) is 6.00. The molecule has 100 valence electrons. The second-order valence-electron chi connectivity index (χ2n) is 4.22. The van der Waals surface area contributed by atoms with Crippen molar-refractivity contribution in [3.05, 3.63) is 5.28 Å². The topological polar surface area (TPSA) is 69.2 Å². The molecule has 1 saturated carbocycles. The second-order valence-corrected chi connectivity index (χ2v) is 4.56. The molecule has 6 nitrogen and oxygen atoms in total. The molecule has 1 heterocycles. The predicted octanol–water partition coefficient (Wildman–Crippen LogP) is 1.90. The molecular formula is C11H17ClN4O2. The maximum absolute atomic E-state index is 5.80. The van der Waals surface area contributed by atoms with Crippen LogP contribution in [0.15, 0.2) is 0 Å². The summed E-state index contributed by atoms with van der Waals surface area (Å²) >= 11 is 5.80. The Labute approximate surface area is 111 Å². The van der Waals surface area contributed by atoms with Crippen LogP contribution in [0.5, 0.6) is 6.01 Å². The summed E-state index contributed by atoms with van der Waals surface area (Å²) in [6.07, 6.45) is 4.33. The Balaban J connectivity index is 2.02. The van der Waals surface area contributed by atoms with Crippen molar-refractivity contribution in [2.75, 3.05) is 19.5 Å². The highest BCUT2D eigenvalue weighted by atomic mass is 35.5. The van der Waals surface area contributed by atoms with Crippen molar-refractivity contribution in [3.8, 4) is 6.01 Å². The average molecular weight is 273 g/mol. The van der Waals surface area contributed by atoms with Gasteiger partial charge < -0.3 is 14.8 Å². The van der Waals surface area contributed by atoms with Crippen LogP contribution in [0.1, 0.15) is 25.7 Å². The lowest BCUT2D eigenvalue weighted by molar-refractivity contribution is 0.0179. The molecule has 1 aliphatic carbocycles. The van der Waals surface area contributed by atoms with Crippen molar-refractivity contribution in [2.24, 2.45) is 0 Å². The highest BCUT2D eigenvalue weighted by molar-refractivity contribution is 6.28. The summed E-state index contributed by atoms with van der Waals surface area (Å²) in [6, 6.07) is 0.265. The molecule has 1 aromatic heterocycles. The monoisotopic (exact) mass is 272 g/mol. The molecule has 1 aromatic rings. The van der Waals surface area contributed by atoms with E-state index in [1.165, 1.54) is 0 Å². The minimum Gasteiger partial charge on any atom is -0.460 e. The SMILES string of the molecule is CNc1nc(Cl)nc(OC2CCCC(OC)C2)n1. The molecule has 0 aromatic carbocycles. The van der Waals surface area contributed by atoms with Gasteiger partial charge in [0.2, 0.25) is 11.2 Å². The summed E-state index contributed by atoms with van der Waals surface area (Å²) in [4.78, 5) is 12.0. The van der Waals surface area contributed by atoms with Crippen LogP contribution >= 0.6 is 11.6 Å². The van der Waals surface area contributed by atoms with Gasteiger partial charge >= 0.3 is 6.01 Å². The van der Waals surface area contributed by atoms with Crippen LogP contribution in [0.25, 0.3) is 0 Å². The highest BCUT2D eigenvalue weighted by Gasteiger charge is 2.24.